The van der Waals surface area contributed by atoms with Gasteiger partial charge < -0.3 is 0 Å². The molecule has 1 fully saturated rings. The summed E-state index contributed by atoms with van der Waals surface area (Å²) in [6.45, 7) is 1.10. The second kappa shape index (κ2) is 6.99. The van der Waals surface area contributed by atoms with Gasteiger partial charge in [0, 0.05) is 30.9 Å². The van der Waals surface area contributed by atoms with E-state index < -0.39 is 10.0 Å². The van der Waals surface area contributed by atoms with Crippen molar-refractivity contribution in [3.05, 3.63) is 65.2 Å². The van der Waals surface area contributed by atoms with Crippen molar-refractivity contribution in [1.29, 1.82) is 0 Å². The van der Waals surface area contributed by atoms with E-state index in [0.717, 1.165) is 29.7 Å². The summed E-state index contributed by atoms with van der Waals surface area (Å²) in [5.41, 5.74) is 3.03. The average molecular weight is 348 g/mol. The molecule has 2 heterocycles. The van der Waals surface area contributed by atoms with Crippen molar-refractivity contribution in [3.8, 4) is 0 Å². The molecule has 4 nitrogen and oxygen atoms in total. The molecule has 0 radical (unpaired) electrons. The van der Waals surface area contributed by atoms with Crippen LogP contribution in [0.15, 0.2) is 42.6 Å². The molecule has 3 rings (SSSR count). The Morgan fingerprint density at radius 2 is 1.88 bits per heavy atom. The molecule has 1 atom stereocenters. The molecule has 0 N–H and O–H groups in total. The largest absolute Gasteiger partial charge is 0.261 e. The molecule has 6 heteroatoms. The van der Waals surface area contributed by atoms with E-state index in [-0.39, 0.29) is 11.7 Å². The second-order valence-electron chi connectivity index (χ2n) is 6.35. The fourth-order valence-corrected chi connectivity index (χ4v) is 4.02. The molecule has 0 aliphatic carbocycles. The van der Waals surface area contributed by atoms with E-state index in [1.165, 1.54) is 22.7 Å². The first kappa shape index (κ1) is 17.0. The van der Waals surface area contributed by atoms with E-state index in [4.69, 9.17) is 0 Å². The number of aromatic nitrogens is 1. The standard InChI is InChI=1S/C18H21FN2O2S/c1-24(22,23)21-10-2-3-16(13-21)18-9-6-15(12-20-18)11-14-4-7-17(19)8-5-14/h4-9,12,16H,2-3,10-11,13H2,1H3. The number of hydrogen-bond donors (Lipinski definition) is 0. The van der Waals surface area contributed by atoms with Gasteiger partial charge in [-0.2, -0.15) is 0 Å². The topological polar surface area (TPSA) is 50.3 Å². The van der Waals surface area contributed by atoms with E-state index in [0.29, 0.717) is 19.5 Å². The quantitative estimate of drug-likeness (QED) is 0.854. The third-order valence-electron chi connectivity index (χ3n) is 4.44. The van der Waals surface area contributed by atoms with Crippen LogP contribution in [0.5, 0.6) is 0 Å². The molecule has 0 amide bonds. The first-order chi connectivity index (χ1) is 11.4. The van der Waals surface area contributed by atoms with Crippen LogP contribution < -0.4 is 0 Å². The lowest BCUT2D eigenvalue weighted by Gasteiger charge is -2.30. The predicted octanol–water partition coefficient (Wildman–Crippen LogP) is 2.95. The lowest BCUT2D eigenvalue weighted by molar-refractivity contribution is 0.314. The van der Waals surface area contributed by atoms with E-state index in [1.54, 1.807) is 12.1 Å². The number of hydrogen-bond acceptors (Lipinski definition) is 3. The van der Waals surface area contributed by atoms with Crippen LogP contribution >= 0.6 is 0 Å². The first-order valence-corrected chi connectivity index (χ1v) is 9.91. The maximum atomic E-state index is 12.9. The number of benzene rings is 1. The van der Waals surface area contributed by atoms with Gasteiger partial charge in [0.1, 0.15) is 5.82 Å². The maximum Gasteiger partial charge on any atom is 0.211 e. The van der Waals surface area contributed by atoms with Gasteiger partial charge in [0.2, 0.25) is 10.0 Å². The zero-order chi connectivity index (χ0) is 17.2. The summed E-state index contributed by atoms with van der Waals surface area (Å²) in [5, 5.41) is 0. The van der Waals surface area contributed by atoms with Crippen LogP contribution in [0, 0.1) is 5.82 Å². The van der Waals surface area contributed by atoms with Crippen molar-refractivity contribution in [1.82, 2.24) is 9.29 Å². The number of piperidine rings is 1. The lowest BCUT2D eigenvalue weighted by Crippen LogP contribution is -2.38. The van der Waals surface area contributed by atoms with Crippen LogP contribution in [0.4, 0.5) is 4.39 Å². The Morgan fingerprint density at radius 1 is 1.17 bits per heavy atom. The SMILES string of the molecule is CS(=O)(=O)N1CCCC(c2ccc(Cc3ccc(F)cc3)cn2)C1. The minimum atomic E-state index is -3.14. The summed E-state index contributed by atoms with van der Waals surface area (Å²) in [6, 6.07) is 10.5. The number of halogens is 1. The summed E-state index contributed by atoms with van der Waals surface area (Å²) in [7, 11) is -3.14. The van der Waals surface area contributed by atoms with Gasteiger partial charge in [-0.1, -0.05) is 18.2 Å². The van der Waals surface area contributed by atoms with Gasteiger partial charge in [-0.15, -0.1) is 0 Å². The highest BCUT2D eigenvalue weighted by molar-refractivity contribution is 7.88. The summed E-state index contributed by atoms with van der Waals surface area (Å²) in [5.74, 6) is -0.0895. The minimum absolute atomic E-state index is 0.147. The van der Waals surface area contributed by atoms with Crippen LogP contribution in [0.2, 0.25) is 0 Å². The number of nitrogens with zero attached hydrogens (tertiary/aromatic N) is 2. The highest BCUT2D eigenvalue weighted by Gasteiger charge is 2.27. The smallest absolute Gasteiger partial charge is 0.211 e. The van der Waals surface area contributed by atoms with Crippen molar-refractivity contribution in [3.63, 3.8) is 0 Å². The van der Waals surface area contributed by atoms with Crippen LogP contribution in [0.1, 0.15) is 35.6 Å². The molecule has 0 bridgehead atoms. The van der Waals surface area contributed by atoms with Gasteiger partial charge in [-0.05, 0) is 48.6 Å². The van der Waals surface area contributed by atoms with Crippen LogP contribution in [-0.4, -0.2) is 37.1 Å². The Hall–Kier alpha value is -1.79. The van der Waals surface area contributed by atoms with Crippen LogP contribution in [0.25, 0.3) is 0 Å². The van der Waals surface area contributed by atoms with Crippen molar-refractivity contribution in [2.45, 2.75) is 25.2 Å². The molecule has 1 saturated heterocycles. The molecule has 128 valence electrons. The monoisotopic (exact) mass is 348 g/mol. The van der Waals surface area contributed by atoms with Gasteiger partial charge in [-0.25, -0.2) is 17.1 Å². The summed E-state index contributed by atoms with van der Waals surface area (Å²) in [4.78, 5) is 4.54. The zero-order valence-corrected chi connectivity index (χ0v) is 14.5. The third kappa shape index (κ3) is 4.19. The van der Waals surface area contributed by atoms with Gasteiger partial charge in [0.25, 0.3) is 0 Å². The molecule has 1 aliphatic heterocycles. The lowest BCUT2D eigenvalue weighted by atomic mass is 9.95. The van der Waals surface area contributed by atoms with E-state index in [2.05, 4.69) is 4.98 Å². The molecular formula is C18H21FN2O2S. The van der Waals surface area contributed by atoms with E-state index in [1.807, 2.05) is 18.3 Å². The molecule has 0 saturated carbocycles. The summed E-state index contributed by atoms with van der Waals surface area (Å²) in [6.07, 6.45) is 5.60. The fraction of sp³-hybridized carbons (Fsp3) is 0.389. The Morgan fingerprint density at radius 3 is 2.50 bits per heavy atom. The predicted molar refractivity (Wildman–Crippen MR) is 91.8 cm³/mol. The minimum Gasteiger partial charge on any atom is -0.261 e. The van der Waals surface area contributed by atoms with Crippen molar-refractivity contribution < 1.29 is 12.8 Å². The van der Waals surface area contributed by atoms with E-state index in [9.17, 15) is 12.8 Å². The van der Waals surface area contributed by atoms with Crippen molar-refractivity contribution >= 4 is 10.0 Å². The molecule has 1 aromatic carbocycles. The number of pyridine rings is 1. The maximum absolute atomic E-state index is 12.9. The van der Waals surface area contributed by atoms with Crippen LogP contribution in [-0.2, 0) is 16.4 Å². The Bertz CT molecular complexity index is 789. The number of rotatable bonds is 4. The second-order valence-corrected chi connectivity index (χ2v) is 8.34. The molecule has 1 unspecified atom stereocenters. The highest BCUT2D eigenvalue weighted by atomic mass is 32.2. The summed E-state index contributed by atoms with van der Waals surface area (Å²) < 4.78 is 37.9. The molecule has 24 heavy (non-hydrogen) atoms. The van der Waals surface area contributed by atoms with Gasteiger partial charge in [-0.3, -0.25) is 4.98 Å². The Kier molecular flexibility index (Phi) is 4.96. The van der Waals surface area contributed by atoms with Gasteiger partial charge >= 0.3 is 0 Å². The zero-order valence-electron chi connectivity index (χ0n) is 13.7. The summed E-state index contributed by atoms with van der Waals surface area (Å²) >= 11 is 0. The molecular weight excluding hydrogens is 327 g/mol. The normalized spacial score (nSPS) is 19.3. The highest BCUT2D eigenvalue weighted by Crippen LogP contribution is 2.27. The molecule has 0 spiro atoms. The fourth-order valence-electron chi connectivity index (χ4n) is 3.11. The van der Waals surface area contributed by atoms with Crippen molar-refractivity contribution in [2.24, 2.45) is 0 Å². The Balaban J connectivity index is 1.69. The van der Waals surface area contributed by atoms with Gasteiger partial charge in [0.05, 0.1) is 6.26 Å². The molecule has 2 aromatic rings. The molecule has 1 aromatic heterocycles. The average Bonchev–Trinajstić information content (AvgIpc) is 2.57. The Labute approximate surface area is 142 Å². The van der Waals surface area contributed by atoms with Crippen molar-refractivity contribution in [2.75, 3.05) is 19.3 Å². The first-order valence-electron chi connectivity index (χ1n) is 8.06. The molecule has 1 aliphatic rings. The van der Waals surface area contributed by atoms with E-state index >= 15 is 0 Å². The third-order valence-corrected chi connectivity index (χ3v) is 5.71. The van der Waals surface area contributed by atoms with Gasteiger partial charge in [0.15, 0.2) is 0 Å². The number of sulfonamides is 1. The van der Waals surface area contributed by atoms with Crippen LogP contribution in [0.3, 0.4) is 0 Å².